The Morgan fingerprint density at radius 3 is 1.56 bits per heavy atom. The standard InChI is InChI=1S/C17H24Si/c1-18(2)13-11-17(12-14-18,15-7-3-4-8-15)16-9-5-6-10-16/h3-10,15-16H,11-14H2,1-2H3. The molecule has 3 aliphatic rings. The molecular formula is C17H24Si. The number of hydrogen-bond acceptors (Lipinski definition) is 0. The van der Waals surface area contributed by atoms with E-state index in [4.69, 9.17) is 0 Å². The van der Waals surface area contributed by atoms with Crippen LogP contribution < -0.4 is 0 Å². The molecule has 1 heterocycles. The zero-order chi connectivity index (χ0) is 12.6. The van der Waals surface area contributed by atoms with Crippen molar-refractivity contribution in [2.75, 3.05) is 0 Å². The van der Waals surface area contributed by atoms with Gasteiger partial charge in [-0.05, 0) is 18.3 Å². The van der Waals surface area contributed by atoms with Crippen LogP contribution in [0.25, 0.3) is 0 Å². The zero-order valence-corrected chi connectivity index (χ0v) is 12.6. The first-order valence-electron chi connectivity index (χ1n) is 7.32. The molecule has 1 saturated heterocycles. The lowest BCUT2D eigenvalue weighted by Crippen LogP contribution is -2.43. The van der Waals surface area contributed by atoms with Crippen LogP contribution in [0, 0.1) is 17.3 Å². The molecular weight excluding hydrogens is 232 g/mol. The summed E-state index contributed by atoms with van der Waals surface area (Å²) in [5, 5.41) is 0. The van der Waals surface area contributed by atoms with Crippen LogP contribution in [0.15, 0.2) is 48.6 Å². The predicted octanol–water partition coefficient (Wildman–Crippen LogP) is 4.96. The van der Waals surface area contributed by atoms with Gasteiger partial charge in [0.25, 0.3) is 0 Å². The molecule has 2 aliphatic carbocycles. The maximum atomic E-state index is 2.57. The van der Waals surface area contributed by atoms with E-state index in [9.17, 15) is 0 Å². The average molecular weight is 256 g/mol. The summed E-state index contributed by atoms with van der Waals surface area (Å²) in [6.07, 6.45) is 21.5. The van der Waals surface area contributed by atoms with Crippen LogP contribution in [0.4, 0.5) is 0 Å². The second-order valence-corrected chi connectivity index (χ2v) is 12.3. The molecule has 0 aromatic rings. The zero-order valence-electron chi connectivity index (χ0n) is 11.6. The molecule has 1 heteroatoms. The molecule has 0 N–H and O–H groups in total. The number of rotatable bonds is 2. The minimum Gasteiger partial charge on any atom is -0.0770 e. The minimum atomic E-state index is -0.878. The quantitative estimate of drug-likeness (QED) is 0.613. The lowest BCUT2D eigenvalue weighted by Gasteiger charge is -2.48. The van der Waals surface area contributed by atoms with Crippen LogP contribution in [0.5, 0.6) is 0 Å². The van der Waals surface area contributed by atoms with Gasteiger partial charge < -0.3 is 0 Å². The molecule has 0 saturated carbocycles. The van der Waals surface area contributed by atoms with Crippen LogP contribution in [0.2, 0.25) is 25.2 Å². The Morgan fingerprint density at radius 1 is 0.778 bits per heavy atom. The van der Waals surface area contributed by atoms with Gasteiger partial charge >= 0.3 is 0 Å². The van der Waals surface area contributed by atoms with Crippen LogP contribution in [0.1, 0.15) is 12.8 Å². The fourth-order valence-corrected chi connectivity index (χ4v) is 6.45. The van der Waals surface area contributed by atoms with Gasteiger partial charge in [-0.1, -0.05) is 73.8 Å². The van der Waals surface area contributed by atoms with E-state index in [1.807, 2.05) is 0 Å². The highest BCUT2D eigenvalue weighted by Gasteiger charge is 2.46. The SMILES string of the molecule is C[Si]1(C)CCC(C2C=CC=C2)(C2C=CC=C2)CC1. The number of allylic oxidation sites excluding steroid dienone is 8. The summed E-state index contributed by atoms with van der Waals surface area (Å²) in [5.41, 5.74) is 0.482. The Hall–Kier alpha value is -0.823. The molecule has 1 fully saturated rings. The summed E-state index contributed by atoms with van der Waals surface area (Å²) < 4.78 is 0. The van der Waals surface area contributed by atoms with Gasteiger partial charge in [-0.15, -0.1) is 0 Å². The van der Waals surface area contributed by atoms with Gasteiger partial charge in [-0.3, -0.25) is 0 Å². The summed E-state index contributed by atoms with van der Waals surface area (Å²) in [7, 11) is -0.878. The van der Waals surface area contributed by atoms with Crippen molar-refractivity contribution in [2.45, 2.75) is 38.0 Å². The second kappa shape index (κ2) is 4.38. The van der Waals surface area contributed by atoms with Gasteiger partial charge in [0.1, 0.15) is 0 Å². The van der Waals surface area contributed by atoms with Gasteiger partial charge in [0.2, 0.25) is 0 Å². The summed E-state index contributed by atoms with van der Waals surface area (Å²) in [6, 6.07) is 3.01. The molecule has 18 heavy (non-hydrogen) atoms. The van der Waals surface area contributed by atoms with Crippen LogP contribution in [-0.4, -0.2) is 8.07 Å². The van der Waals surface area contributed by atoms with Gasteiger partial charge in [0.15, 0.2) is 0 Å². The highest BCUT2D eigenvalue weighted by molar-refractivity contribution is 6.77. The van der Waals surface area contributed by atoms with Crippen molar-refractivity contribution in [3.05, 3.63) is 48.6 Å². The van der Waals surface area contributed by atoms with E-state index in [2.05, 4.69) is 61.7 Å². The largest absolute Gasteiger partial charge is 0.0770 e. The Kier molecular flexibility index (Phi) is 2.97. The van der Waals surface area contributed by atoms with Crippen molar-refractivity contribution in [3.63, 3.8) is 0 Å². The molecule has 96 valence electrons. The molecule has 0 radical (unpaired) electrons. The molecule has 3 rings (SSSR count). The molecule has 0 amide bonds. The Balaban J connectivity index is 1.89. The third-order valence-electron chi connectivity index (χ3n) is 5.36. The van der Waals surface area contributed by atoms with Crippen molar-refractivity contribution >= 4 is 8.07 Å². The van der Waals surface area contributed by atoms with Crippen molar-refractivity contribution < 1.29 is 0 Å². The molecule has 1 aliphatic heterocycles. The van der Waals surface area contributed by atoms with E-state index < -0.39 is 8.07 Å². The summed E-state index contributed by atoms with van der Waals surface area (Å²) >= 11 is 0. The summed E-state index contributed by atoms with van der Waals surface area (Å²) in [5.74, 6) is 1.33. The predicted molar refractivity (Wildman–Crippen MR) is 82.3 cm³/mol. The third-order valence-corrected chi connectivity index (χ3v) is 8.57. The molecule has 0 nitrogen and oxygen atoms in total. The molecule has 0 atom stereocenters. The van der Waals surface area contributed by atoms with Gasteiger partial charge in [0, 0.05) is 19.9 Å². The van der Waals surface area contributed by atoms with E-state index in [1.165, 1.54) is 24.9 Å². The monoisotopic (exact) mass is 256 g/mol. The maximum absolute atomic E-state index is 2.57. The normalized spacial score (nSPS) is 29.4. The highest BCUT2D eigenvalue weighted by Crippen LogP contribution is 2.54. The van der Waals surface area contributed by atoms with Gasteiger partial charge in [0.05, 0.1) is 0 Å². The van der Waals surface area contributed by atoms with Crippen molar-refractivity contribution in [2.24, 2.45) is 17.3 Å². The summed E-state index contributed by atoms with van der Waals surface area (Å²) in [6.45, 7) is 5.13. The Morgan fingerprint density at radius 2 is 1.17 bits per heavy atom. The van der Waals surface area contributed by atoms with E-state index in [1.54, 1.807) is 0 Å². The van der Waals surface area contributed by atoms with E-state index in [0.29, 0.717) is 17.3 Å². The maximum Gasteiger partial charge on any atom is 0.0474 e. The van der Waals surface area contributed by atoms with E-state index in [-0.39, 0.29) is 0 Å². The molecule has 0 spiro atoms. The first-order chi connectivity index (χ1) is 8.62. The number of hydrogen-bond donors (Lipinski definition) is 0. The van der Waals surface area contributed by atoms with Crippen molar-refractivity contribution in [1.82, 2.24) is 0 Å². The topological polar surface area (TPSA) is 0 Å². The second-order valence-electron chi connectivity index (χ2n) is 6.99. The minimum absolute atomic E-state index is 0.482. The first-order valence-corrected chi connectivity index (χ1v) is 10.7. The highest BCUT2D eigenvalue weighted by atomic mass is 28.3. The van der Waals surface area contributed by atoms with E-state index in [0.717, 1.165) is 0 Å². The van der Waals surface area contributed by atoms with E-state index >= 15 is 0 Å². The van der Waals surface area contributed by atoms with Crippen LogP contribution >= 0.6 is 0 Å². The fourth-order valence-electron chi connectivity index (χ4n) is 3.91. The Labute approximate surface area is 112 Å². The molecule has 0 aromatic heterocycles. The molecule has 0 aromatic carbocycles. The molecule has 0 bridgehead atoms. The van der Waals surface area contributed by atoms with Crippen LogP contribution in [0.3, 0.4) is 0 Å². The smallest absolute Gasteiger partial charge is 0.0474 e. The molecule has 0 unspecified atom stereocenters. The fraction of sp³-hybridized carbons (Fsp3) is 0.529. The van der Waals surface area contributed by atoms with Crippen LogP contribution in [-0.2, 0) is 0 Å². The van der Waals surface area contributed by atoms with Crippen molar-refractivity contribution in [3.8, 4) is 0 Å². The van der Waals surface area contributed by atoms with Gasteiger partial charge in [-0.25, -0.2) is 0 Å². The lowest BCUT2D eigenvalue weighted by atomic mass is 9.63. The third kappa shape index (κ3) is 1.99. The summed E-state index contributed by atoms with van der Waals surface area (Å²) in [4.78, 5) is 0. The average Bonchev–Trinajstić information content (AvgIpc) is 3.03. The lowest BCUT2D eigenvalue weighted by molar-refractivity contribution is 0.160. The Bertz CT molecular complexity index is 373. The first kappa shape index (κ1) is 12.2. The van der Waals surface area contributed by atoms with Gasteiger partial charge in [-0.2, -0.15) is 0 Å². The van der Waals surface area contributed by atoms with Crippen molar-refractivity contribution in [1.29, 1.82) is 0 Å².